The van der Waals surface area contributed by atoms with E-state index in [-0.39, 0.29) is 35.4 Å². The second-order valence-electron chi connectivity index (χ2n) is 9.23. The third-order valence-electron chi connectivity index (χ3n) is 6.34. The van der Waals surface area contributed by atoms with Crippen LogP contribution in [0.5, 0.6) is 11.5 Å². The quantitative estimate of drug-likeness (QED) is 0.586. The van der Waals surface area contributed by atoms with Gasteiger partial charge in [-0.25, -0.2) is 0 Å². The Bertz CT molecular complexity index is 1100. The second kappa shape index (κ2) is 10.3. The SMILES string of the molecule is CN(C)CCOc1ccc2c(c1)CN(C(=O)c1cc(C(=N)CN3CCCCC3=O)ccc1O)C2. The molecule has 2 aliphatic heterocycles. The number of amides is 2. The molecule has 0 atom stereocenters. The number of benzene rings is 2. The lowest BCUT2D eigenvalue weighted by Crippen LogP contribution is -2.39. The molecule has 2 aliphatic rings. The Labute approximate surface area is 200 Å². The van der Waals surface area contributed by atoms with Crippen LogP contribution in [0.3, 0.4) is 0 Å². The van der Waals surface area contributed by atoms with Gasteiger partial charge in [0.1, 0.15) is 18.1 Å². The number of aromatic hydroxyl groups is 1. The molecule has 2 amide bonds. The van der Waals surface area contributed by atoms with Gasteiger partial charge in [-0.3, -0.25) is 9.59 Å². The molecule has 180 valence electrons. The molecule has 1 saturated heterocycles. The van der Waals surface area contributed by atoms with Crippen molar-refractivity contribution >= 4 is 17.5 Å². The van der Waals surface area contributed by atoms with Gasteiger partial charge in [0.2, 0.25) is 5.91 Å². The average Bonchev–Trinajstić information content (AvgIpc) is 3.23. The zero-order valence-corrected chi connectivity index (χ0v) is 19.8. The van der Waals surface area contributed by atoms with Crippen LogP contribution in [0.1, 0.15) is 46.3 Å². The van der Waals surface area contributed by atoms with Crippen LogP contribution in [0.25, 0.3) is 0 Å². The van der Waals surface area contributed by atoms with E-state index in [9.17, 15) is 14.7 Å². The summed E-state index contributed by atoms with van der Waals surface area (Å²) in [6.07, 6.45) is 2.35. The highest BCUT2D eigenvalue weighted by atomic mass is 16.5. The van der Waals surface area contributed by atoms with E-state index in [1.165, 1.54) is 6.07 Å². The van der Waals surface area contributed by atoms with Crippen molar-refractivity contribution in [3.63, 3.8) is 0 Å². The van der Waals surface area contributed by atoms with E-state index in [1.54, 1.807) is 21.9 Å². The predicted octanol–water partition coefficient (Wildman–Crippen LogP) is 2.87. The van der Waals surface area contributed by atoms with Crippen molar-refractivity contribution in [2.45, 2.75) is 32.4 Å². The minimum Gasteiger partial charge on any atom is -0.507 e. The summed E-state index contributed by atoms with van der Waals surface area (Å²) in [4.78, 5) is 30.8. The zero-order valence-electron chi connectivity index (χ0n) is 19.8. The number of likely N-dealkylation sites (N-methyl/N-ethyl adjacent to an activating group) is 1. The monoisotopic (exact) mass is 464 g/mol. The summed E-state index contributed by atoms with van der Waals surface area (Å²) >= 11 is 0. The van der Waals surface area contributed by atoms with Crippen LogP contribution < -0.4 is 4.74 Å². The lowest BCUT2D eigenvalue weighted by molar-refractivity contribution is -0.132. The smallest absolute Gasteiger partial charge is 0.258 e. The molecule has 2 aromatic carbocycles. The summed E-state index contributed by atoms with van der Waals surface area (Å²) in [5.74, 6) is 0.443. The van der Waals surface area contributed by atoms with Crippen molar-refractivity contribution in [1.82, 2.24) is 14.7 Å². The summed E-state index contributed by atoms with van der Waals surface area (Å²) in [6.45, 7) is 3.15. The Morgan fingerprint density at radius 1 is 1.12 bits per heavy atom. The maximum atomic E-state index is 13.3. The van der Waals surface area contributed by atoms with Crippen LogP contribution in [0, 0.1) is 5.41 Å². The van der Waals surface area contributed by atoms with Crippen LogP contribution in [-0.4, -0.2) is 77.7 Å². The van der Waals surface area contributed by atoms with Crippen LogP contribution in [-0.2, 0) is 17.9 Å². The van der Waals surface area contributed by atoms with Crippen LogP contribution in [0.2, 0.25) is 0 Å². The van der Waals surface area contributed by atoms with Gasteiger partial charge in [-0.15, -0.1) is 0 Å². The largest absolute Gasteiger partial charge is 0.507 e. The molecule has 2 aromatic rings. The fraction of sp³-hybridized carbons (Fsp3) is 0.423. The van der Waals surface area contributed by atoms with Gasteiger partial charge in [0.15, 0.2) is 0 Å². The number of hydrogen-bond donors (Lipinski definition) is 2. The number of phenols is 1. The molecule has 0 spiro atoms. The third kappa shape index (κ3) is 5.39. The summed E-state index contributed by atoms with van der Waals surface area (Å²) in [5, 5.41) is 18.9. The molecule has 8 heteroatoms. The van der Waals surface area contributed by atoms with Crippen molar-refractivity contribution in [3.8, 4) is 11.5 Å². The molecule has 0 bridgehead atoms. The average molecular weight is 465 g/mol. The minimum atomic E-state index is -0.285. The third-order valence-corrected chi connectivity index (χ3v) is 6.34. The molecular weight excluding hydrogens is 432 g/mol. The number of nitrogens with one attached hydrogen (secondary N) is 1. The highest BCUT2D eigenvalue weighted by Crippen LogP contribution is 2.30. The number of piperidine rings is 1. The number of rotatable bonds is 8. The summed E-state index contributed by atoms with van der Waals surface area (Å²) in [6, 6.07) is 10.5. The number of phenolic OH excluding ortho intramolecular Hbond substituents is 1. The second-order valence-corrected chi connectivity index (χ2v) is 9.23. The first kappa shape index (κ1) is 23.8. The molecular formula is C26H32N4O4. The Morgan fingerprint density at radius 3 is 2.68 bits per heavy atom. The van der Waals surface area contributed by atoms with E-state index in [4.69, 9.17) is 10.1 Å². The fourth-order valence-electron chi connectivity index (χ4n) is 4.33. The lowest BCUT2D eigenvalue weighted by atomic mass is 10.0. The minimum absolute atomic E-state index is 0.0611. The first-order valence-electron chi connectivity index (χ1n) is 11.7. The fourth-order valence-corrected chi connectivity index (χ4v) is 4.33. The van der Waals surface area contributed by atoms with E-state index in [1.807, 2.05) is 32.3 Å². The van der Waals surface area contributed by atoms with Crippen molar-refractivity contribution in [1.29, 1.82) is 5.41 Å². The molecule has 0 saturated carbocycles. The van der Waals surface area contributed by atoms with Crippen molar-refractivity contribution in [2.24, 2.45) is 0 Å². The normalized spacial score (nSPS) is 15.6. The number of nitrogens with zero attached hydrogens (tertiary/aromatic N) is 3. The molecule has 1 fully saturated rings. The Morgan fingerprint density at radius 2 is 1.91 bits per heavy atom. The van der Waals surface area contributed by atoms with Crippen molar-refractivity contribution in [3.05, 3.63) is 58.7 Å². The molecule has 0 unspecified atom stereocenters. The standard InChI is InChI=1S/C26H32N4O4/c1-28(2)11-12-34-21-8-6-19-15-30(16-20(19)13-21)26(33)22-14-18(7-9-24(22)31)23(27)17-29-10-4-3-5-25(29)32/h6-9,13-14,27,31H,3-5,10-12,15-17H2,1-2H3. The lowest BCUT2D eigenvalue weighted by Gasteiger charge is -2.27. The number of likely N-dealkylation sites (tertiary alicyclic amines) is 1. The molecule has 34 heavy (non-hydrogen) atoms. The van der Waals surface area contributed by atoms with Gasteiger partial charge in [0.25, 0.3) is 5.91 Å². The highest BCUT2D eigenvalue weighted by molar-refractivity contribution is 6.05. The molecule has 4 rings (SSSR count). The Balaban J connectivity index is 1.44. The van der Waals surface area contributed by atoms with Crippen molar-refractivity contribution in [2.75, 3.05) is 40.3 Å². The van der Waals surface area contributed by atoms with Gasteiger partial charge in [-0.1, -0.05) is 6.07 Å². The van der Waals surface area contributed by atoms with E-state index in [0.29, 0.717) is 38.2 Å². The topological polar surface area (TPSA) is 97.2 Å². The van der Waals surface area contributed by atoms with Crippen LogP contribution in [0.15, 0.2) is 36.4 Å². The first-order valence-corrected chi connectivity index (χ1v) is 11.7. The van der Waals surface area contributed by atoms with E-state index in [0.717, 1.165) is 36.3 Å². The first-order chi connectivity index (χ1) is 16.3. The molecule has 2 heterocycles. The van der Waals surface area contributed by atoms with E-state index < -0.39 is 0 Å². The van der Waals surface area contributed by atoms with Gasteiger partial charge in [0, 0.05) is 32.6 Å². The number of fused-ring (bicyclic) bond motifs is 1. The zero-order chi connectivity index (χ0) is 24.2. The Kier molecular flexibility index (Phi) is 7.17. The van der Waals surface area contributed by atoms with E-state index in [2.05, 4.69) is 4.90 Å². The maximum absolute atomic E-state index is 13.3. The molecule has 2 N–H and O–H groups in total. The predicted molar refractivity (Wildman–Crippen MR) is 129 cm³/mol. The highest BCUT2D eigenvalue weighted by Gasteiger charge is 2.27. The number of ether oxygens (including phenoxy) is 1. The molecule has 0 radical (unpaired) electrons. The number of carbonyl (C=O) groups is 2. The van der Waals surface area contributed by atoms with Gasteiger partial charge in [0.05, 0.1) is 17.8 Å². The summed E-state index contributed by atoms with van der Waals surface area (Å²) < 4.78 is 5.82. The molecule has 0 aromatic heterocycles. The van der Waals surface area contributed by atoms with Gasteiger partial charge in [-0.2, -0.15) is 0 Å². The Hall–Kier alpha value is -3.39. The van der Waals surface area contributed by atoms with Crippen molar-refractivity contribution < 1.29 is 19.4 Å². The maximum Gasteiger partial charge on any atom is 0.258 e. The van der Waals surface area contributed by atoms with Crippen LogP contribution in [0.4, 0.5) is 0 Å². The summed E-state index contributed by atoms with van der Waals surface area (Å²) in [5.41, 5.74) is 3.05. The van der Waals surface area contributed by atoms with E-state index >= 15 is 0 Å². The van der Waals surface area contributed by atoms with Crippen LogP contribution >= 0.6 is 0 Å². The number of carbonyl (C=O) groups excluding carboxylic acids is 2. The molecule has 0 aliphatic carbocycles. The van der Waals surface area contributed by atoms with Gasteiger partial charge < -0.3 is 30.0 Å². The van der Waals surface area contributed by atoms with Gasteiger partial charge in [-0.05, 0) is 74.0 Å². The summed E-state index contributed by atoms with van der Waals surface area (Å²) in [7, 11) is 3.99. The van der Waals surface area contributed by atoms with Gasteiger partial charge >= 0.3 is 0 Å². The number of hydrogen-bond acceptors (Lipinski definition) is 6. The molecule has 8 nitrogen and oxygen atoms in total.